The van der Waals surface area contributed by atoms with Crippen molar-refractivity contribution in [3.05, 3.63) is 35.6 Å². The van der Waals surface area contributed by atoms with Gasteiger partial charge in [0.15, 0.2) is 0 Å². The number of carbonyl (C=O) groups is 3. The van der Waals surface area contributed by atoms with Crippen LogP contribution in [0.25, 0.3) is 0 Å². The summed E-state index contributed by atoms with van der Waals surface area (Å²) >= 11 is 0. The van der Waals surface area contributed by atoms with E-state index in [0.717, 1.165) is 6.42 Å². The standard InChI is InChI=1S/C24H35FN2O6/c1-15(20(31-5)19-8-7-13-27(19)23(30)33-24(2,3)4)21(28)26-18(22(29)32-6)14-16-9-11-17(25)12-10-16/h9-12,15,18-20H,7-8,13-14H2,1-6H3,(H,26,28)/t15-,18?,19?,20-/m1/s1. The van der Waals surface area contributed by atoms with Gasteiger partial charge in [0.1, 0.15) is 17.5 Å². The highest BCUT2D eigenvalue weighted by Crippen LogP contribution is 2.28. The van der Waals surface area contributed by atoms with E-state index in [0.29, 0.717) is 18.5 Å². The summed E-state index contributed by atoms with van der Waals surface area (Å²) in [6.45, 7) is 7.61. The third-order valence-corrected chi connectivity index (χ3v) is 5.64. The molecule has 1 saturated heterocycles. The maximum atomic E-state index is 13.2. The van der Waals surface area contributed by atoms with Gasteiger partial charge in [-0.25, -0.2) is 14.0 Å². The highest BCUT2D eigenvalue weighted by Gasteiger charge is 2.41. The zero-order valence-electron chi connectivity index (χ0n) is 20.2. The minimum Gasteiger partial charge on any atom is -0.467 e. The van der Waals surface area contributed by atoms with Gasteiger partial charge in [0, 0.05) is 20.1 Å². The smallest absolute Gasteiger partial charge is 0.410 e. The number of amides is 2. The minimum absolute atomic E-state index is 0.149. The highest BCUT2D eigenvalue weighted by atomic mass is 19.1. The second-order valence-electron chi connectivity index (χ2n) is 9.29. The Labute approximate surface area is 194 Å². The molecule has 0 radical (unpaired) electrons. The zero-order valence-corrected chi connectivity index (χ0v) is 20.2. The van der Waals surface area contributed by atoms with Crippen molar-refractivity contribution < 1.29 is 33.0 Å². The number of methoxy groups -OCH3 is 2. The number of halogens is 1. The molecule has 1 aromatic rings. The van der Waals surface area contributed by atoms with Crippen LogP contribution in [0.5, 0.6) is 0 Å². The number of benzene rings is 1. The number of hydrogen-bond donors (Lipinski definition) is 1. The molecule has 9 heteroatoms. The van der Waals surface area contributed by atoms with Crippen molar-refractivity contribution in [3.63, 3.8) is 0 Å². The van der Waals surface area contributed by atoms with Gasteiger partial charge in [0.25, 0.3) is 0 Å². The van der Waals surface area contributed by atoms with Gasteiger partial charge in [-0.2, -0.15) is 0 Å². The molecule has 2 unspecified atom stereocenters. The van der Waals surface area contributed by atoms with Crippen LogP contribution in [0.15, 0.2) is 24.3 Å². The Morgan fingerprint density at radius 2 is 1.82 bits per heavy atom. The van der Waals surface area contributed by atoms with Crippen LogP contribution in [0.2, 0.25) is 0 Å². The van der Waals surface area contributed by atoms with Gasteiger partial charge in [-0.3, -0.25) is 4.79 Å². The molecular weight excluding hydrogens is 431 g/mol. The molecule has 1 fully saturated rings. The zero-order chi connectivity index (χ0) is 24.8. The molecule has 2 rings (SSSR count). The predicted octanol–water partition coefficient (Wildman–Crippen LogP) is 3.08. The first kappa shape index (κ1) is 26.6. The monoisotopic (exact) mass is 466 g/mol. The van der Waals surface area contributed by atoms with Crippen LogP contribution in [-0.4, -0.2) is 67.4 Å². The maximum absolute atomic E-state index is 13.2. The predicted molar refractivity (Wildman–Crippen MR) is 120 cm³/mol. The molecule has 184 valence electrons. The van der Waals surface area contributed by atoms with Crippen molar-refractivity contribution in [1.29, 1.82) is 0 Å². The van der Waals surface area contributed by atoms with E-state index in [-0.39, 0.29) is 18.3 Å². The fraction of sp³-hybridized carbons (Fsp3) is 0.625. The van der Waals surface area contributed by atoms with Gasteiger partial charge in [-0.05, 0) is 51.3 Å². The van der Waals surface area contributed by atoms with Crippen molar-refractivity contribution in [1.82, 2.24) is 10.2 Å². The summed E-state index contributed by atoms with van der Waals surface area (Å²) in [4.78, 5) is 39.7. The van der Waals surface area contributed by atoms with Crippen LogP contribution < -0.4 is 5.32 Å². The normalized spacial score (nSPS) is 18.9. The minimum atomic E-state index is -0.946. The van der Waals surface area contributed by atoms with E-state index < -0.39 is 41.6 Å². The lowest BCUT2D eigenvalue weighted by Gasteiger charge is -2.35. The van der Waals surface area contributed by atoms with Crippen molar-refractivity contribution in [2.75, 3.05) is 20.8 Å². The molecule has 1 aromatic carbocycles. The third kappa shape index (κ3) is 7.42. The summed E-state index contributed by atoms with van der Waals surface area (Å²) in [7, 11) is 2.74. The van der Waals surface area contributed by atoms with Crippen LogP contribution in [0.1, 0.15) is 46.1 Å². The second kappa shape index (κ2) is 11.4. The van der Waals surface area contributed by atoms with Gasteiger partial charge >= 0.3 is 12.1 Å². The van der Waals surface area contributed by atoms with Gasteiger partial charge in [0.2, 0.25) is 5.91 Å². The molecule has 0 spiro atoms. The molecule has 1 N–H and O–H groups in total. The topological polar surface area (TPSA) is 94.2 Å². The number of nitrogens with one attached hydrogen (secondary N) is 1. The average molecular weight is 467 g/mol. The molecule has 1 aliphatic heterocycles. The Kier molecular flexibility index (Phi) is 9.22. The molecule has 0 bridgehead atoms. The Balaban J connectivity index is 2.12. The molecule has 33 heavy (non-hydrogen) atoms. The van der Waals surface area contributed by atoms with E-state index in [2.05, 4.69) is 5.32 Å². The quantitative estimate of drug-likeness (QED) is 0.592. The molecule has 4 atom stereocenters. The van der Waals surface area contributed by atoms with E-state index in [4.69, 9.17) is 14.2 Å². The van der Waals surface area contributed by atoms with Crippen LogP contribution in [0, 0.1) is 11.7 Å². The molecule has 1 heterocycles. The summed E-state index contributed by atoms with van der Waals surface area (Å²) in [6.07, 6.45) is 0.558. The Morgan fingerprint density at radius 3 is 2.36 bits per heavy atom. The summed E-state index contributed by atoms with van der Waals surface area (Å²) in [5.74, 6) is -2.07. The lowest BCUT2D eigenvalue weighted by Crippen LogP contribution is -2.53. The number of likely N-dealkylation sites (tertiary alicyclic amines) is 1. The summed E-state index contributed by atoms with van der Waals surface area (Å²) < 4.78 is 29.2. The fourth-order valence-corrected chi connectivity index (χ4v) is 4.02. The highest BCUT2D eigenvalue weighted by molar-refractivity contribution is 5.86. The molecule has 0 saturated carbocycles. The SMILES string of the molecule is COC(=O)C(Cc1ccc(F)cc1)NC(=O)[C@H](C)[C@@H](OC)C1CCCN1C(=O)OC(C)(C)C. The first-order valence-corrected chi connectivity index (χ1v) is 11.1. The first-order valence-electron chi connectivity index (χ1n) is 11.1. The van der Waals surface area contributed by atoms with E-state index in [9.17, 15) is 18.8 Å². The molecule has 2 amide bonds. The fourth-order valence-electron chi connectivity index (χ4n) is 4.02. The molecular formula is C24H35FN2O6. The Hall–Kier alpha value is -2.68. The number of esters is 1. The van der Waals surface area contributed by atoms with Crippen molar-refractivity contribution in [2.45, 2.75) is 70.7 Å². The van der Waals surface area contributed by atoms with Crippen LogP contribution in [0.4, 0.5) is 9.18 Å². The van der Waals surface area contributed by atoms with Gasteiger partial charge in [0.05, 0.1) is 25.2 Å². The number of nitrogens with zero attached hydrogens (tertiary/aromatic N) is 1. The largest absolute Gasteiger partial charge is 0.467 e. The first-order chi connectivity index (χ1) is 15.5. The number of rotatable bonds is 8. The maximum Gasteiger partial charge on any atom is 0.410 e. The number of carbonyl (C=O) groups excluding carboxylic acids is 3. The van der Waals surface area contributed by atoms with Crippen molar-refractivity contribution in [3.8, 4) is 0 Å². The van der Waals surface area contributed by atoms with Crippen LogP contribution >= 0.6 is 0 Å². The van der Waals surface area contributed by atoms with Gasteiger partial charge in [-0.1, -0.05) is 19.1 Å². The summed E-state index contributed by atoms with van der Waals surface area (Å²) in [5, 5.41) is 2.73. The van der Waals surface area contributed by atoms with Crippen molar-refractivity contribution in [2.24, 2.45) is 5.92 Å². The van der Waals surface area contributed by atoms with Crippen LogP contribution in [0.3, 0.4) is 0 Å². The Bertz CT molecular complexity index is 823. The van der Waals surface area contributed by atoms with Gasteiger partial charge < -0.3 is 24.4 Å². The van der Waals surface area contributed by atoms with Crippen LogP contribution in [-0.2, 0) is 30.2 Å². The van der Waals surface area contributed by atoms with E-state index >= 15 is 0 Å². The number of hydrogen-bond acceptors (Lipinski definition) is 6. The van der Waals surface area contributed by atoms with E-state index in [1.807, 2.05) is 0 Å². The van der Waals surface area contributed by atoms with E-state index in [1.54, 1.807) is 44.7 Å². The van der Waals surface area contributed by atoms with E-state index in [1.165, 1.54) is 26.4 Å². The lowest BCUT2D eigenvalue weighted by atomic mass is 9.94. The molecule has 8 nitrogen and oxygen atoms in total. The van der Waals surface area contributed by atoms with Gasteiger partial charge in [-0.15, -0.1) is 0 Å². The molecule has 1 aliphatic rings. The van der Waals surface area contributed by atoms with Crippen molar-refractivity contribution >= 4 is 18.0 Å². The molecule has 0 aromatic heterocycles. The summed E-state index contributed by atoms with van der Waals surface area (Å²) in [5.41, 5.74) is 0.0408. The second-order valence-corrected chi connectivity index (χ2v) is 9.29. The average Bonchev–Trinajstić information content (AvgIpc) is 3.23. The Morgan fingerprint density at radius 1 is 1.18 bits per heavy atom. The lowest BCUT2D eigenvalue weighted by molar-refractivity contribution is -0.146. The molecule has 0 aliphatic carbocycles. The third-order valence-electron chi connectivity index (χ3n) is 5.64. The number of ether oxygens (including phenoxy) is 3. The summed E-state index contributed by atoms with van der Waals surface area (Å²) in [6, 6.07) is 4.41.